The molecule has 0 saturated heterocycles. The summed E-state index contributed by atoms with van der Waals surface area (Å²) in [4.78, 5) is 21.1. The number of pyridine rings is 1. The molecule has 4 aromatic rings. The zero-order valence-corrected chi connectivity index (χ0v) is 15.9. The van der Waals surface area contributed by atoms with Gasteiger partial charge in [0.1, 0.15) is 17.7 Å². The lowest BCUT2D eigenvalue weighted by atomic mass is 10.1. The molecule has 0 spiro atoms. The molecule has 1 amide bonds. The molecule has 1 N–H and O–H groups in total. The number of hydrogen-bond acceptors (Lipinski definition) is 8. The van der Waals surface area contributed by atoms with Crippen molar-refractivity contribution in [3.8, 4) is 11.4 Å². The Bertz CT molecular complexity index is 1130. The summed E-state index contributed by atoms with van der Waals surface area (Å²) in [5, 5.41) is 18.1. The van der Waals surface area contributed by atoms with Crippen LogP contribution in [-0.2, 0) is 17.8 Å². The van der Waals surface area contributed by atoms with Crippen molar-refractivity contribution in [2.45, 2.75) is 25.9 Å². The van der Waals surface area contributed by atoms with Crippen LogP contribution in [0.5, 0.6) is 0 Å². The molecule has 1 atom stereocenters. The third kappa shape index (κ3) is 4.35. The van der Waals surface area contributed by atoms with Crippen LogP contribution < -0.4 is 5.32 Å². The summed E-state index contributed by atoms with van der Waals surface area (Å²) >= 11 is 0. The summed E-state index contributed by atoms with van der Waals surface area (Å²) in [5.74, 6) is 0.457. The topological polar surface area (TPSA) is 125 Å². The Kier molecular flexibility index (Phi) is 5.50. The molecule has 0 aliphatic rings. The smallest absolute Gasteiger partial charge is 0.246 e. The van der Waals surface area contributed by atoms with Crippen LogP contribution in [0.15, 0.2) is 53.3 Å². The summed E-state index contributed by atoms with van der Waals surface area (Å²) in [6.45, 7) is 1.74. The SMILES string of the molecule is Cc1nnnn1C(Cc1ccc(F)cc1)C(=O)NCc1nc(-c2ccncc2)no1. The maximum atomic E-state index is 13.2. The third-order valence-corrected chi connectivity index (χ3v) is 4.42. The van der Waals surface area contributed by atoms with E-state index in [1.165, 1.54) is 16.8 Å². The molecule has 152 valence electrons. The van der Waals surface area contributed by atoms with Crippen molar-refractivity contribution < 1.29 is 13.7 Å². The average Bonchev–Trinajstić information content (AvgIpc) is 3.41. The van der Waals surface area contributed by atoms with Crippen molar-refractivity contribution >= 4 is 5.91 Å². The number of aryl methyl sites for hydroxylation is 1. The fourth-order valence-corrected chi connectivity index (χ4v) is 2.89. The Labute approximate surface area is 170 Å². The number of aromatic nitrogens is 7. The molecule has 10 nitrogen and oxygen atoms in total. The number of benzene rings is 1. The highest BCUT2D eigenvalue weighted by Crippen LogP contribution is 2.17. The maximum Gasteiger partial charge on any atom is 0.246 e. The standard InChI is InChI=1S/C19H17FN8O2/c1-12-24-26-27-28(12)16(10-13-2-4-15(20)5-3-13)19(29)22-11-17-23-18(25-30-17)14-6-8-21-9-7-14/h2-9,16H,10-11H2,1H3,(H,22,29). The first kappa shape index (κ1) is 19.3. The number of rotatable bonds is 7. The molecule has 0 saturated carbocycles. The molecule has 3 aromatic heterocycles. The minimum atomic E-state index is -0.729. The summed E-state index contributed by atoms with van der Waals surface area (Å²) < 4.78 is 19.8. The van der Waals surface area contributed by atoms with E-state index in [-0.39, 0.29) is 30.6 Å². The number of carbonyl (C=O) groups is 1. The monoisotopic (exact) mass is 408 g/mol. The molecule has 11 heteroatoms. The summed E-state index contributed by atoms with van der Waals surface area (Å²) in [7, 11) is 0. The molecule has 30 heavy (non-hydrogen) atoms. The highest BCUT2D eigenvalue weighted by Gasteiger charge is 2.24. The van der Waals surface area contributed by atoms with Crippen LogP contribution in [0.4, 0.5) is 4.39 Å². The maximum absolute atomic E-state index is 13.2. The normalized spacial score (nSPS) is 11.9. The Morgan fingerprint density at radius 1 is 1.20 bits per heavy atom. The molecule has 4 rings (SSSR count). The summed E-state index contributed by atoms with van der Waals surface area (Å²) in [5.41, 5.74) is 1.52. The minimum Gasteiger partial charge on any atom is -0.345 e. The number of tetrazole rings is 1. The number of carbonyl (C=O) groups excluding carboxylic acids is 1. The number of halogens is 1. The van der Waals surface area contributed by atoms with E-state index in [1.54, 1.807) is 43.6 Å². The second-order valence-corrected chi connectivity index (χ2v) is 6.48. The highest BCUT2D eigenvalue weighted by atomic mass is 19.1. The quantitative estimate of drug-likeness (QED) is 0.490. The first-order valence-electron chi connectivity index (χ1n) is 9.10. The molecule has 0 fully saturated rings. The van der Waals surface area contributed by atoms with Crippen molar-refractivity contribution in [1.82, 2.24) is 40.6 Å². The van der Waals surface area contributed by atoms with Gasteiger partial charge in [-0.25, -0.2) is 9.07 Å². The largest absolute Gasteiger partial charge is 0.345 e. The molecule has 0 radical (unpaired) electrons. The minimum absolute atomic E-state index is 0.0397. The van der Waals surface area contributed by atoms with Crippen LogP contribution in [0.3, 0.4) is 0 Å². The van der Waals surface area contributed by atoms with E-state index in [9.17, 15) is 9.18 Å². The molecular weight excluding hydrogens is 391 g/mol. The Morgan fingerprint density at radius 3 is 2.67 bits per heavy atom. The molecule has 0 aliphatic carbocycles. The van der Waals surface area contributed by atoms with Gasteiger partial charge >= 0.3 is 0 Å². The van der Waals surface area contributed by atoms with Crippen molar-refractivity contribution in [2.75, 3.05) is 0 Å². The molecule has 0 aliphatic heterocycles. The van der Waals surface area contributed by atoms with Crippen LogP contribution >= 0.6 is 0 Å². The lowest BCUT2D eigenvalue weighted by Gasteiger charge is -2.17. The van der Waals surface area contributed by atoms with Crippen molar-refractivity contribution in [2.24, 2.45) is 0 Å². The second-order valence-electron chi connectivity index (χ2n) is 6.48. The first-order chi connectivity index (χ1) is 14.6. The Balaban J connectivity index is 1.47. The van der Waals surface area contributed by atoms with E-state index in [0.29, 0.717) is 11.6 Å². The van der Waals surface area contributed by atoms with Crippen molar-refractivity contribution in [3.05, 3.63) is 71.9 Å². The van der Waals surface area contributed by atoms with E-state index in [4.69, 9.17) is 4.52 Å². The number of nitrogens with one attached hydrogen (secondary N) is 1. The highest BCUT2D eigenvalue weighted by molar-refractivity contribution is 5.80. The Morgan fingerprint density at radius 2 is 1.97 bits per heavy atom. The zero-order valence-electron chi connectivity index (χ0n) is 15.9. The average molecular weight is 408 g/mol. The number of nitrogens with zero attached hydrogens (tertiary/aromatic N) is 7. The van der Waals surface area contributed by atoms with Crippen LogP contribution in [0.25, 0.3) is 11.4 Å². The summed E-state index contributed by atoms with van der Waals surface area (Å²) in [6, 6.07) is 8.71. The summed E-state index contributed by atoms with van der Waals surface area (Å²) in [6.07, 6.45) is 3.54. The van der Waals surface area contributed by atoms with E-state index >= 15 is 0 Å². The van der Waals surface area contributed by atoms with Gasteiger partial charge in [0.15, 0.2) is 0 Å². The van der Waals surface area contributed by atoms with E-state index in [2.05, 4.69) is 36.0 Å². The van der Waals surface area contributed by atoms with Gasteiger partial charge in [-0.15, -0.1) is 5.10 Å². The van der Waals surface area contributed by atoms with Gasteiger partial charge in [0.2, 0.25) is 17.6 Å². The van der Waals surface area contributed by atoms with E-state index in [0.717, 1.165) is 11.1 Å². The second kappa shape index (κ2) is 8.55. The molecular formula is C19H17FN8O2. The van der Waals surface area contributed by atoms with Gasteiger partial charge in [0, 0.05) is 24.4 Å². The van der Waals surface area contributed by atoms with Crippen LogP contribution in [0, 0.1) is 12.7 Å². The van der Waals surface area contributed by atoms with Gasteiger partial charge < -0.3 is 9.84 Å². The van der Waals surface area contributed by atoms with Crippen molar-refractivity contribution in [1.29, 1.82) is 0 Å². The fourth-order valence-electron chi connectivity index (χ4n) is 2.89. The molecule has 1 unspecified atom stereocenters. The van der Waals surface area contributed by atoms with Gasteiger partial charge in [-0.2, -0.15) is 4.98 Å². The Hall–Kier alpha value is -4.02. The van der Waals surface area contributed by atoms with Crippen LogP contribution in [0.1, 0.15) is 23.3 Å². The number of hydrogen-bond donors (Lipinski definition) is 1. The molecule has 3 heterocycles. The van der Waals surface area contributed by atoms with Crippen molar-refractivity contribution in [3.63, 3.8) is 0 Å². The number of amides is 1. The first-order valence-corrected chi connectivity index (χ1v) is 9.10. The van der Waals surface area contributed by atoms with E-state index < -0.39 is 6.04 Å². The van der Waals surface area contributed by atoms with Gasteiger partial charge in [0.25, 0.3) is 0 Å². The van der Waals surface area contributed by atoms with Gasteiger partial charge in [-0.05, 0) is 47.2 Å². The fraction of sp³-hybridized carbons (Fsp3) is 0.211. The van der Waals surface area contributed by atoms with Gasteiger partial charge in [0.05, 0.1) is 6.54 Å². The predicted octanol–water partition coefficient (Wildman–Crippen LogP) is 1.67. The zero-order chi connectivity index (χ0) is 20.9. The van der Waals surface area contributed by atoms with Gasteiger partial charge in [-0.1, -0.05) is 17.3 Å². The molecule has 1 aromatic carbocycles. The molecule has 0 bridgehead atoms. The third-order valence-electron chi connectivity index (χ3n) is 4.42. The van der Waals surface area contributed by atoms with Crippen LogP contribution in [-0.4, -0.2) is 41.2 Å². The lowest BCUT2D eigenvalue weighted by Crippen LogP contribution is -2.34. The van der Waals surface area contributed by atoms with Gasteiger partial charge in [-0.3, -0.25) is 9.78 Å². The van der Waals surface area contributed by atoms with Crippen LogP contribution in [0.2, 0.25) is 0 Å². The predicted molar refractivity (Wildman–Crippen MR) is 101 cm³/mol. The van der Waals surface area contributed by atoms with E-state index in [1.807, 2.05) is 0 Å². The lowest BCUT2D eigenvalue weighted by molar-refractivity contribution is -0.125.